The molecule has 8 heteroatoms. The highest BCUT2D eigenvalue weighted by atomic mass is 19.4. The molecule has 0 spiro atoms. The Morgan fingerprint density at radius 2 is 0.688 bits per heavy atom. The van der Waals surface area contributed by atoms with Crippen LogP contribution in [0.2, 0.25) is 0 Å². The molecule has 6 aromatic rings. The lowest BCUT2D eigenvalue weighted by Crippen LogP contribution is -2.01. The fraction of sp³-hybridized carbons (Fsp3) is 0.0833. The standard InChI is InChI=1S/C24H10F6O2/c25-23(26,27)21-9-17-15-3-1-11-12(14(15)6-8-19(17)31-21)2-4-16-13(11)5-7-20-18(16)10-22(32-20)24(28,29)30/h1-10H. The van der Waals surface area contributed by atoms with Gasteiger partial charge in [-0.3, -0.25) is 0 Å². The number of furan rings is 2. The molecule has 2 aromatic heterocycles. The van der Waals surface area contributed by atoms with Crippen molar-refractivity contribution in [2.45, 2.75) is 12.4 Å². The molecule has 0 unspecified atom stereocenters. The van der Waals surface area contributed by atoms with Crippen LogP contribution in [-0.2, 0) is 12.4 Å². The first kappa shape index (κ1) is 19.0. The van der Waals surface area contributed by atoms with E-state index in [2.05, 4.69) is 0 Å². The maximum absolute atomic E-state index is 13.1. The molecule has 0 saturated heterocycles. The minimum Gasteiger partial charge on any atom is -0.451 e. The van der Waals surface area contributed by atoms with Crippen LogP contribution in [0.5, 0.6) is 0 Å². The predicted molar refractivity (Wildman–Crippen MR) is 109 cm³/mol. The zero-order valence-electron chi connectivity index (χ0n) is 15.9. The SMILES string of the molecule is FC(F)(F)c1cc2c(ccc3c2ccc2c4ccc5oc(C(F)(F)F)cc5c4ccc32)o1. The molecule has 0 fully saturated rings. The van der Waals surface area contributed by atoms with Crippen LogP contribution >= 0.6 is 0 Å². The van der Waals surface area contributed by atoms with Gasteiger partial charge >= 0.3 is 12.4 Å². The number of fused-ring (bicyclic) bond motifs is 9. The Hall–Kier alpha value is -3.68. The van der Waals surface area contributed by atoms with Crippen molar-refractivity contribution in [2.24, 2.45) is 0 Å². The predicted octanol–water partition coefficient (Wildman–Crippen LogP) is 8.68. The van der Waals surface area contributed by atoms with Gasteiger partial charge in [-0.25, -0.2) is 0 Å². The molecule has 0 amide bonds. The maximum atomic E-state index is 13.1. The molecular weight excluding hydrogens is 434 g/mol. The van der Waals surface area contributed by atoms with E-state index >= 15 is 0 Å². The lowest BCUT2D eigenvalue weighted by atomic mass is 9.94. The van der Waals surface area contributed by atoms with Crippen molar-refractivity contribution in [2.75, 3.05) is 0 Å². The lowest BCUT2D eigenvalue weighted by molar-refractivity contribution is -0.152. The summed E-state index contributed by atoms with van der Waals surface area (Å²) in [5.74, 6) is -2.14. The van der Waals surface area contributed by atoms with Crippen LogP contribution in [0.15, 0.2) is 69.5 Å². The fourth-order valence-electron chi connectivity index (χ4n) is 4.36. The Labute approximate surface area is 174 Å². The van der Waals surface area contributed by atoms with Crippen LogP contribution < -0.4 is 0 Å². The summed E-state index contributed by atoms with van der Waals surface area (Å²) >= 11 is 0. The van der Waals surface area contributed by atoms with E-state index in [-0.39, 0.29) is 11.2 Å². The summed E-state index contributed by atoms with van der Waals surface area (Å²) in [4.78, 5) is 0. The van der Waals surface area contributed by atoms with Crippen LogP contribution in [0, 0.1) is 0 Å². The first-order valence-corrected chi connectivity index (χ1v) is 9.50. The highest BCUT2D eigenvalue weighted by Gasteiger charge is 2.36. The van der Waals surface area contributed by atoms with Crippen molar-refractivity contribution >= 4 is 54.3 Å². The molecule has 0 aliphatic rings. The third-order valence-corrected chi connectivity index (χ3v) is 5.75. The van der Waals surface area contributed by atoms with Crippen LogP contribution in [0.4, 0.5) is 26.3 Å². The lowest BCUT2D eigenvalue weighted by Gasteiger charge is -2.08. The van der Waals surface area contributed by atoms with Gasteiger partial charge in [-0.1, -0.05) is 36.4 Å². The monoisotopic (exact) mass is 444 g/mol. The second-order valence-electron chi connectivity index (χ2n) is 7.59. The quantitative estimate of drug-likeness (QED) is 0.173. The van der Waals surface area contributed by atoms with Gasteiger partial charge in [0.1, 0.15) is 11.2 Å². The highest BCUT2D eigenvalue weighted by molar-refractivity contribution is 6.24. The second-order valence-corrected chi connectivity index (χ2v) is 7.59. The molecule has 0 aliphatic heterocycles. The van der Waals surface area contributed by atoms with E-state index in [0.717, 1.165) is 33.7 Å². The third-order valence-electron chi connectivity index (χ3n) is 5.75. The average Bonchev–Trinajstić information content (AvgIpc) is 3.37. The summed E-state index contributed by atoms with van der Waals surface area (Å²) in [6.45, 7) is 0. The van der Waals surface area contributed by atoms with E-state index in [1.165, 1.54) is 12.1 Å². The van der Waals surface area contributed by atoms with Crippen LogP contribution in [0.3, 0.4) is 0 Å². The molecule has 0 saturated carbocycles. The first-order chi connectivity index (χ1) is 15.1. The fourth-order valence-corrected chi connectivity index (χ4v) is 4.36. The third kappa shape index (κ3) is 2.62. The number of alkyl halides is 6. The molecule has 160 valence electrons. The summed E-state index contributed by atoms with van der Waals surface area (Å²) in [6.07, 6.45) is -9.19. The van der Waals surface area contributed by atoms with Gasteiger partial charge < -0.3 is 8.83 Å². The van der Waals surface area contributed by atoms with Gasteiger partial charge in [-0.15, -0.1) is 0 Å². The van der Waals surface area contributed by atoms with Crippen molar-refractivity contribution in [3.63, 3.8) is 0 Å². The molecule has 32 heavy (non-hydrogen) atoms. The van der Waals surface area contributed by atoms with E-state index in [1.54, 1.807) is 36.4 Å². The zero-order chi connectivity index (χ0) is 22.4. The van der Waals surface area contributed by atoms with Gasteiger partial charge in [-0.2, -0.15) is 26.3 Å². The molecule has 2 nitrogen and oxygen atoms in total. The van der Waals surface area contributed by atoms with Crippen LogP contribution in [-0.4, -0.2) is 0 Å². The summed E-state index contributed by atoms with van der Waals surface area (Å²) < 4.78 is 88.5. The molecular formula is C24H10F6O2. The molecule has 0 bridgehead atoms. The molecule has 6 rings (SSSR count). The van der Waals surface area contributed by atoms with Crippen LogP contribution in [0.1, 0.15) is 11.5 Å². The van der Waals surface area contributed by atoms with Crippen molar-refractivity contribution in [3.05, 3.63) is 72.2 Å². The van der Waals surface area contributed by atoms with Crippen molar-refractivity contribution in [1.82, 2.24) is 0 Å². The smallest absolute Gasteiger partial charge is 0.449 e. The summed E-state index contributed by atoms with van der Waals surface area (Å²) in [6, 6.07) is 15.3. The van der Waals surface area contributed by atoms with Gasteiger partial charge in [0, 0.05) is 10.8 Å². The summed E-state index contributed by atoms with van der Waals surface area (Å²) in [7, 11) is 0. The molecule has 4 aromatic carbocycles. The number of hydrogen-bond donors (Lipinski definition) is 0. The highest BCUT2D eigenvalue weighted by Crippen LogP contribution is 2.41. The van der Waals surface area contributed by atoms with E-state index in [4.69, 9.17) is 8.83 Å². The second kappa shape index (κ2) is 5.97. The number of benzene rings is 4. The maximum Gasteiger partial charge on any atom is 0.449 e. The normalized spacial score (nSPS) is 13.3. The minimum absolute atomic E-state index is 0.129. The van der Waals surface area contributed by atoms with Crippen molar-refractivity contribution in [3.8, 4) is 0 Å². The molecule has 2 heterocycles. The Balaban J connectivity index is 1.66. The Bertz CT molecular complexity index is 1570. The van der Waals surface area contributed by atoms with Gasteiger partial charge in [0.05, 0.1) is 0 Å². The minimum atomic E-state index is -4.59. The van der Waals surface area contributed by atoms with Crippen molar-refractivity contribution in [1.29, 1.82) is 0 Å². The Morgan fingerprint density at radius 1 is 0.406 bits per heavy atom. The van der Waals surface area contributed by atoms with Gasteiger partial charge in [0.15, 0.2) is 0 Å². The van der Waals surface area contributed by atoms with Crippen molar-refractivity contribution < 1.29 is 35.2 Å². The largest absolute Gasteiger partial charge is 0.451 e. The van der Waals surface area contributed by atoms with Crippen LogP contribution in [0.25, 0.3) is 54.3 Å². The topological polar surface area (TPSA) is 26.3 Å². The molecule has 0 radical (unpaired) electrons. The first-order valence-electron chi connectivity index (χ1n) is 9.50. The summed E-state index contributed by atoms with van der Waals surface area (Å²) in [5, 5.41) is 4.85. The Kier molecular flexibility index (Phi) is 3.55. The Morgan fingerprint density at radius 3 is 1.00 bits per heavy atom. The van der Waals surface area contributed by atoms with Gasteiger partial charge in [-0.05, 0) is 56.6 Å². The van der Waals surface area contributed by atoms with E-state index in [9.17, 15) is 26.3 Å². The van der Waals surface area contributed by atoms with E-state index < -0.39 is 23.9 Å². The number of halogens is 6. The molecule has 0 N–H and O–H groups in total. The molecule has 0 atom stereocenters. The molecule has 0 aliphatic carbocycles. The number of rotatable bonds is 0. The number of hydrogen-bond acceptors (Lipinski definition) is 2. The van der Waals surface area contributed by atoms with E-state index in [0.29, 0.717) is 21.5 Å². The summed E-state index contributed by atoms with van der Waals surface area (Å²) in [5.41, 5.74) is 0.259. The van der Waals surface area contributed by atoms with E-state index in [1.807, 2.05) is 0 Å². The average molecular weight is 444 g/mol. The van der Waals surface area contributed by atoms with Gasteiger partial charge in [0.2, 0.25) is 11.5 Å². The zero-order valence-corrected chi connectivity index (χ0v) is 15.9. The van der Waals surface area contributed by atoms with Gasteiger partial charge in [0.25, 0.3) is 0 Å².